The topological polar surface area (TPSA) is 29.3 Å². The number of hydrogen-bond donors (Lipinski definition) is 1. The second-order valence-electron chi connectivity index (χ2n) is 2.26. The van der Waals surface area contributed by atoms with E-state index in [-0.39, 0.29) is 18.6 Å². The highest BCUT2D eigenvalue weighted by Gasteiger charge is 2.05. The maximum atomic E-state index is 5.70. The first kappa shape index (κ1) is 14.0. The first-order valence-electron chi connectivity index (χ1n) is 3.60. The zero-order chi connectivity index (χ0) is 8.69. The fourth-order valence-corrected chi connectivity index (χ4v) is 0.799. The van der Waals surface area contributed by atoms with Crippen molar-refractivity contribution >= 4 is 12.4 Å². The first-order chi connectivity index (χ1) is 5.26. The van der Waals surface area contributed by atoms with Crippen LogP contribution in [0.5, 0.6) is 0 Å². The van der Waals surface area contributed by atoms with Gasteiger partial charge in [-0.2, -0.15) is 0 Å². The summed E-state index contributed by atoms with van der Waals surface area (Å²) >= 11 is 0. The Bertz CT molecular complexity index is 135. The second-order valence-corrected chi connectivity index (χ2v) is 2.26. The zero-order valence-electron chi connectivity index (χ0n) is 7.28. The lowest BCUT2D eigenvalue weighted by Gasteiger charge is -2.23. The van der Waals surface area contributed by atoms with E-state index in [4.69, 9.17) is 5.73 Å². The van der Waals surface area contributed by atoms with Crippen LogP contribution in [0.3, 0.4) is 0 Å². The van der Waals surface area contributed by atoms with E-state index in [0.717, 1.165) is 13.1 Å². The molecule has 2 N–H and O–H groups in total. The highest BCUT2D eigenvalue weighted by atomic mass is 35.5. The summed E-state index contributed by atoms with van der Waals surface area (Å²) in [4.78, 5) is 2.01. The molecule has 0 aliphatic rings. The van der Waals surface area contributed by atoms with Gasteiger partial charge in [0.1, 0.15) is 0 Å². The molecule has 0 aromatic rings. The summed E-state index contributed by atoms with van der Waals surface area (Å²) in [5.41, 5.74) is 5.70. The molecule has 12 heavy (non-hydrogen) atoms. The van der Waals surface area contributed by atoms with Crippen molar-refractivity contribution in [2.24, 2.45) is 5.73 Å². The standard InChI is InChI=1S/C9H16N2.ClH/c1-4-7-11(8-5-2)9(10)6-3;/h4-6,9H,1-3,7-8,10H2;1H. The van der Waals surface area contributed by atoms with Crippen molar-refractivity contribution in [2.45, 2.75) is 6.17 Å². The Morgan fingerprint density at radius 2 is 1.58 bits per heavy atom. The minimum absolute atomic E-state index is 0. The molecule has 1 atom stereocenters. The van der Waals surface area contributed by atoms with Crippen LogP contribution in [0.25, 0.3) is 0 Å². The third kappa shape index (κ3) is 5.13. The van der Waals surface area contributed by atoms with Gasteiger partial charge in [-0.3, -0.25) is 4.90 Å². The summed E-state index contributed by atoms with van der Waals surface area (Å²) in [5.74, 6) is 0. The molecule has 0 rings (SSSR count). The van der Waals surface area contributed by atoms with Crippen molar-refractivity contribution in [3.63, 3.8) is 0 Å². The highest BCUT2D eigenvalue weighted by molar-refractivity contribution is 5.85. The van der Waals surface area contributed by atoms with Gasteiger partial charge in [0.15, 0.2) is 0 Å². The first-order valence-corrected chi connectivity index (χ1v) is 3.60. The van der Waals surface area contributed by atoms with Gasteiger partial charge < -0.3 is 5.73 Å². The van der Waals surface area contributed by atoms with Crippen molar-refractivity contribution in [3.8, 4) is 0 Å². The molecule has 0 spiro atoms. The molecular weight excluding hydrogens is 172 g/mol. The molecule has 1 unspecified atom stereocenters. The van der Waals surface area contributed by atoms with Crippen LogP contribution in [0.1, 0.15) is 0 Å². The molecule has 2 nitrogen and oxygen atoms in total. The van der Waals surface area contributed by atoms with E-state index >= 15 is 0 Å². The van der Waals surface area contributed by atoms with E-state index < -0.39 is 0 Å². The molecule has 3 heteroatoms. The molecule has 0 aromatic heterocycles. The summed E-state index contributed by atoms with van der Waals surface area (Å²) in [6.07, 6.45) is 5.22. The lowest BCUT2D eigenvalue weighted by Crippen LogP contribution is -2.40. The van der Waals surface area contributed by atoms with Gasteiger partial charge >= 0.3 is 0 Å². The molecule has 0 fully saturated rings. The molecule has 0 saturated carbocycles. The van der Waals surface area contributed by atoms with Crippen LogP contribution in [0.4, 0.5) is 0 Å². The maximum absolute atomic E-state index is 5.70. The molecule has 0 radical (unpaired) electrons. The molecular formula is C9H17ClN2. The molecule has 0 aliphatic carbocycles. The van der Waals surface area contributed by atoms with Gasteiger partial charge in [0.25, 0.3) is 0 Å². The number of nitrogens with two attached hydrogens (primary N) is 1. The number of halogens is 1. The molecule has 0 heterocycles. The van der Waals surface area contributed by atoms with Crippen molar-refractivity contribution < 1.29 is 0 Å². The fraction of sp³-hybridized carbons (Fsp3) is 0.333. The summed E-state index contributed by atoms with van der Waals surface area (Å²) in [5, 5.41) is 0. The van der Waals surface area contributed by atoms with Gasteiger partial charge in [0.2, 0.25) is 0 Å². The van der Waals surface area contributed by atoms with E-state index in [1.54, 1.807) is 6.08 Å². The third-order valence-corrected chi connectivity index (χ3v) is 1.39. The van der Waals surface area contributed by atoms with Crippen LogP contribution < -0.4 is 5.73 Å². The van der Waals surface area contributed by atoms with Crippen LogP contribution >= 0.6 is 12.4 Å². The van der Waals surface area contributed by atoms with E-state index in [1.165, 1.54) is 0 Å². The van der Waals surface area contributed by atoms with Gasteiger partial charge in [-0.1, -0.05) is 18.2 Å². The largest absolute Gasteiger partial charge is 0.312 e. The SMILES string of the molecule is C=CCN(CC=C)C(N)C=C.Cl. The summed E-state index contributed by atoms with van der Waals surface area (Å²) < 4.78 is 0. The number of rotatable bonds is 6. The molecule has 70 valence electrons. The Balaban J connectivity index is 0. The predicted molar refractivity (Wildman–Crippen MR) is 57.4 cm³/mol. The van der Waals surface area contributed by atoms with Gasteiger partial charge in [0, 0.05) is 13.1 Å². The Labute approximate surface area is 80.8 Å². The van der Waals surface area contributed by atoms with Crippen LogP contribution in [-0.2, 0) is 0 Å². The predicted octanol–water partition coefficient (Wildman–Crippen LogP) is 1.55. The van der Waals surface area contributed by atoms with E-state index in [9.17, 15) is 0 Å². The molecule has 0 saturated heterocycles. The average Bonchev–Trinajstić information content (AvgIpc) is 2.03. The lowest BCUT2D eigenvalue weighted by atomic mass is 10.3. The van der Waals surface area contributed by atoms with Gasteiger partial charge in [-0.05, 0) is 0 Å². The van der Waals surface area contributed by atoms with Crippen molar-refractivity contribution in [1.82, 2.24) is 4.90 Å². The smallest absolute Gasteiger partial charge is 0.0766 e. The van der Waals surface area contributed by atoms with Crippen molar-refractivity contribution in [1.29, 1.82) is 0 Å². The third-order valence-electron chi connectivity index (χ3n) is 1.39. The second kappa shape index (κ2) is 8.53. The van der Waals surface area contributed by atoms with Crippen LogP contribution in [-0.4, -0.2) is 24.2 Å². The number of hydrogen-bond acceptors (Lipinski definition) is 2. The average molecular weight is 189 g/mol. The quantitative estimate of drug-likeness (QED) is 0.507. The van der Waals surface area contributed by atoms with Gasteiger partial charge in [0.05, 0.1) is 6.17 Å². The minimum atomic E-state index is -0.106. The Morgan fingerprint density at radius 1 is 1.17 bits per heavy atom. The van der Waals surface area contributed by atoms with E-state index in [2.05, 4.69) is 19.7 Å². The van der Waals surface area contributed by atoms with E-state index in [0.29, 0.717) is 0 Å². The summed E-state index contributed by atoms with van der Waals surface area (Å²) in [6.45, 7) is 12.4. The monoisotopic (exact) mass is 188 g/mol. The maximum Gasteiger partial charge on any atom is 0.0766 e. The van der Waals surface area contributed by atoms with Crippen molar-refractivity contribution in [2.75, 3.05) is 13.1 Å². The number of nitrogens with zero attached hydrogens (tertiary/aromatic N) is 1. The van der Waals surface area contributed by atoms with Crippen LogP contribution in [0.2, 0.25) is 0 Å². The minimum Gasteiger partial charge on any atom is -0.312 e. The molecule has 0 aromatic carbocycles. The van der Waals surface area contributed by atoms with Crippen LogP contribution in [0.15, 0.2) is 38.0 Å². The molecule has 0 bridgehead atoms. The fourth-order valence-electron chi connectivity index (χ4n) is 0.799. The van der Waals surface area contributed by atoms with Gasteiger partial charge in [-0.15, -0.1) is 32.1 Å². The zero-order valence-corrected chi connectivity index (χ0v) is 8.09. The lowest BCUT2D eigenvalue weighted by molar-refractivity contribution is 0.287. The molecule has 0 amide bonds. The van der Waals surface area contributed by atoms with Crippen molar-refractivity contribution in [3.05, 3.63) is 38.0 Å². The van der Waals surface area contributed by atoms with Crippen LogP contribution in [0, 0.1) is 0 Å². The summed E-state index contributed by atoms with van der Waals surface area (Å²) in [6, 6.07) is 0. The Morgan fingerprint density at radius 3 is 1.83 bits per heavy atom. The summed E-state index contributed by atoms with van der Waals surface area (Å²) in [7, 11) is 0. The Hall–Kier alpha value is -0.570. The Kier molecular flexibility index (Phi) is 9.93. The van der Waals surface area contributed by atoms with Gasteiger partial charge in [-0.25, -0.2) is 0 Å². The highest BCUT2D eigenvalue weighted by Crippen LogP contribution is 1.94. The van der Waals surface area contributed by atoms with E-state index in [1.807, 2.05) is 17.1 Å². The normalized spacial score (nSPS) is 11.5. The molecule has 0 aliphatic heterocycles.